The first-order chi connectivity index (χ1) is 14.5. The number of likely N-dealkylation sites (N-methyl/N-ethyl adjacent to an activating group) is 1. The fourth-order valence-corrected chi connectivity index (χ4v) is 4.21. The first kappa shape index (κ1) is 19.8. The van der Waals surface area contributed by atoms with E-state index in [9.17, 15) is 9.59 Å². The zero-order valence-corrected chi connectivity index (χ0v) is 17.6. The lowest BCUT2D eigenvalue weighted by molar-refractivity contribution is -0.142. The Bertz CT molecular complexity index is 1200. The summed E-state index contributed by atoms with van der Waals surface area (Å²) < 4.78 is 1.15. The average Bonchev–Trinajstić information content (AvgIpc) is 3.17. The van der Waals surface area contributed by atoms with Gasteiger partial charge in [-0.05, 0) is 54.4 Å². The number of aryl methyl sites for hydroxylation is 1. The Morgan fingerprint density at radius 1 is 1.00 bits per heavy atom. The molecule has 4 rings (SSSR count). The summed E-state index contributed by atoms with van der Waals surface area (Å²) in [5, 5.41) is 3.60. The molecule has 0 saturated heterocycles. The lowest BCUT2D eigenvalue weighted by Gasteiger charge is -2.16. The SMILES string of the molecule is Cc1ccc2nc(-c3ccc(NC(=O)C(=O)N(C)Cc4ccccc4)cc3)sc2c1. The number of carbonyl (C=O) groups is 2. The normalized spacial score (nSPS) is 10.7. The maximum atomic E-state index is 12.4. The molecule has 0 radical (unpaired) electrons. The summed E-state index contributed by atoms with van der Waals surface area (Å²) in [4.78, 5) is 30.8. The van der Waals surface area contributed by atoms with Crippen molar-refractivity contribution in [2.24, 2.45) is 0 Å². The van der Waals surface area contributed by atoms with Gasteiger partial charge in [0.2, 0.25) is 0 Å². The topological polar surface area (TPSA) is 62.3 Å². The van der Waals surface area contributed by atoms with Crippen LogP contribution in [0, 0.1) is 6.92 Å². The van der Waals surface area contributed by atoms with Crippen molar-refractivity contribution in [2.45, 2.75) is 13.5 Å². The molecule has 5 nitrogen and oxygen atoms in total. The van der Waals surface area contributed by atoms with Gasteiger partial charge in [-0.1, -0.05) is 36.4 Å². The fourth-order valence-electron chi connectivity index (χ4n) is 3.14. The van der Waals surface area contributed by atoms with E-state index < -0.39 is 11.8 Å². The van der Waals surface area contributed by atoms with Crippen LogP contribution in [0.2, 0.25) is 0 Å². The molecule has 0 aliphatic heterocycles. The Labute approximate surface area is 179 Å². The molecule has 0 unspecified atom stereocenters. The number of hydrogen-bond donors (Lipinski definition) is 1. The van der Waals surface area contributed by atoms with E-state index in [-0.39, 0.29) is 0 Å². The highest BCUT2D eigenvalue weighted by atomic mass is 32.1. The van der Waals surface area contributed by atoms with Gasteiger partial charge in [0.15, 0.2) is 0 Å². The highest BCUT2D eigenvalue weighted by Gasteiger charge is 2.19. The fraction of sp³-hybridized carbons (Fsp3) is 0.125. The molecule has 0 spiro atoms. The predicted octanol–water partition coefficient (Wildman–Crippen LogP) is 4.87. The van der Waals surface area contributed by atoms with Crippen LogP contribution in [0.25, 0.3) is 20.8 Å². The number of nitrogens with one attached hydrogen (secondary N) is 1. The van der Waals surface area contributed by atoms with Crippen molar-refractivity contribution >= 4 is 39.1 Å². The van der Waals surface area contributed by atoms with Gasteiger partial charge in [0.25, 0.3) is 0 Å². The number of carbonyl (C=O) groups excluding carboxylic acids is 2. The van der Waals surface area contributed by atoms with Crippen LogP contribution in [-0.2, 0) is 16.1 Å². The summed E-state index contributed by atoms with van der Waals surface area (Å²) in [6, 6.07) is 23.1. The third kappa shape index (κ3) is 4.39. The number of anilines is 1. The molecular weight excluding hydrogens is 394 g/mol. The van der Waals surface area contributed by atoms with Crippen molar-refractivity contribution in [3.8, 4) is 10.6 Å². The number of rotatable bonds is 4. The van der Waals surface area contributed by atoms with E-state index in [1.54, 1.807) is 30.5 Å². The molecule has 4 aromatic rings. The van der Waals surface area contributed by atoms with Crippen molar-refractivity contribution in [2.75, 3.05) is 12.4 Å². The zero-order chi connectivity index (χ0) is 21.1. The van der Waals surface area contributed by atoms with Crippen LogP contribution in [0.1, 0.15) is 11.1 Å². The van der Waals surface area contributed by atoms with Crippen LogP contribution >= 0.6 is 11.3 Å². The van der Waals surface area contributed by atoms with Crippen molar-refractivity contribution < 1.29 is 9.59 Å². The number of thiazole rings is 1. The summed E-state index contributed by atoms with van der Waals surface area (Å²) in [5.41, 5.74) is 4.70. The molecule has 0 fully saturated rings. The largest absolute Gasteiger partial charge is 0.333 e. The number of aromatic nitrogens is 1. The van der Waals surface area contributed by atoms with Gasteiger partial charge < -0.3 is 10.2 Å². The van der Waals surface area contributed by atoms with Crippen LogP contribution in [0.4, 0.5) is 5.69 Å². The third-order valence-corrected chi connectivity index (χ3v) is 5.80. The van der Waals surface area contributed by atoms with Gasteiger partial charge in [0.05, 0.1) is 10.2 Å². The molecule has 150 valence electrons. The van der Waals surface area contributed by atoms with Gasteiger partial charge in [-0.3, -0.25) is 9.59 Å². The summed E-state index contributed by atoms with van der Waals surface area (Å²) in [6.07, 6.45) is 0. The zero-order valence-electron chi connectivity index (χ0n) is 16.8. The summed E-state index contributed by atoms with van der Waals surface area (Å²) >= 11 is 1.63. The van der Waals surface area contributed by atoms with Crippen LogP contribution in [0.15, 0.2) is 72.8 Å². The highest BCUT2D eigenvalue weighted by molar-refractivity contribution is 7.21. The van der Waals surface area contributed by atoms with Gasteiger partial charge in [-0.25, -0.2) is 4.98 Å². The molecule has 6 heteroatoms. The maximum absolute atomic E-state index is 12.4. The Kier molecular flexibility index (Phi) is 5.59. The maximum Gasteiger partial charge on any atom is 0.313 e. The van der Waals surface area contributed by atoms with Gasteiger partial charge in [0, 0.05) is 24.8 Å². The van der Waals surface area contributed by atoms with Crippen molar-refractivity contribution in [3.63, 3.8) is 0 Å². The standard InChI is InChI=1S/C24H21N3O2S/c1-16-8-13-20-21(14-16)30-23(26-20)18-9-11-19(12-10-18)25-22(28)24(29)27(2)15-17-6-4-3-5-7-17/h3-14H,15H2,1-2H3,(H,25,28). The minimum absolute atomic E-state index is 0.378. The second kappa shape index (κ2) is 8.47. The molecule has 0 bridgehead atoms. The van der Waals surface area contributed by atoms with E-state index in [2.05, 4.69) is 29.4 Å². The molecule has 0 aliphatic carbocycles. The Morgan fingerprint density at radius 3 is 2.47 bits per heavy atom. The van der Waals surface area contributed by atoms with Gasteiger partial charge >= 0.3 is 11.8 Å². The summed E-state index contributed by atoms with van der Waals surface area (Å²) in [7, 11) is 1.62. The van der Waals surface area contributed by atoms with E-state index in [0.717, 1.165) is 26.4 Å². The molecule has 0 atom stereocenters. The Balaban J connectivity index is 1.42. The molecule has 2 amide bonds. The second-order valence-corrected chi connectivity index (χ2v) is 8.20. The van der Waals surface area contributed by atoms with E-state index in [0.29, 0.717) is 12.2 Å². The second-order valence-electron chi connectivity index (χ2n) is 7.17. The van der Waals surface area contributed by atoms with Crippen LogP contribution in [0.3, 0.4) is 0 Å². The first-order valence-electron chi connectivity index (χ1n) is 9.57. The molecule has 0 saturated carbocycles. The van der Waals surface area contributed by atoms with E-state index in [1.165, 1.54) is 10.5 Å². The van der Waals surface area contributed by atoms with Crippen molar-refractivity contribution in [1.29, 1.82) is 0 Å². The van der Waals surface area contributed by atoms with Crippen molar-refractivity contribution in [3.05, 3.63) is 83.9 Å². The van der Waals surface area contributed by atoms with Gasteiger partial charge in [-0.15, -0.1) is 11.3 Å². The number of benzene rings is 3. The number of fused-ring (bicyclic) bond motifs is 1. The Hall–Kier alpha value is -3.51. The lowest BCUT2D eigenvalue weighted by atomic mass is 10.2. The van der Waals surface area contributed by atoms with E-state index >= 15 is 0 Å². The highest BCUT2D eigenvalue weighted by Crippen LogP contribution is 2.31. The van der Waals surface area contributed by atoms with Gasteiger partial charge in [0.1, 0.15) is 5.01 Å². The monoisotopic (exact) mass is 415 g/mol. The van der Waals surface area contributed by atoms with Crippen LogP contribution in [-0.4, -0.2) is 28.7 Å². The third-order valence-electron chi connectivity index (χ3n) is 4.74. The summed E-state index contributed by atoms with van der Waals surface area (Å²) in [6.45, 7) is 2.44. The minimum Gasteiger partial charge on any atom is -0.333 e. The van der Waals surface area contributed by atoms with Crippen LogP contribution < -0.4 is 5.32 Å². The van der Waals surface area contributed by atoms with E-state index in [4.69, 9.17) is 0 Å². The minimum atomic E-state index is -0.656. The number of hydrogen-bond acceptors (Lipinski definition) is 4. The first-order valence-corrected chi connectivity index (χ1v) is 10.4. The molecule has 3 aromatic carbocycles. The van der Waals surface area contributed by atoms with Gasteiger partial charge in [-0.2, -0.15) is 0 Å². The smallest absolute Gasteiger partial charge is 0.313 e. The average molecular weight is 416 g/mol. The Morgan fingerprint density at radius 2 is 1.73 bits per heavy atom. The molecule has 1 N–H and O–H groups in total. The summed E-state index contributed by atoms with van der Waals surface area (Å²) in [5.74, 6) is -1.24. The molecule has 30 heavy (non-hydrogen) atoms. The lowest BCUT2D eigenvalue weighted by Crippen LogP contribution is -2.36. The number of nitrogens with zero attached hydrogens (tertiary/aromatic N) is 2. The van der Waals surface area contributed by atoms with Crippen LogP contribution in [0.5, 0.6) is 0 Å². The molecular formula is C24H21N3O2S. The quantitative estimate of drug-likeness (QED) is 0.484. The predicted molar refractivity (Wildman–Crippen MR) is 121 cm³/mol. The molecule has 1 aromatic heterocycles. The molecule has 0 aliphatic rings. The molecule has 1 heterocycles. The van der Waals surface area contributed by atoms with Crippen molar-refractivity contribution in [1.82, 2.24) is 9.88 Å². The number of amides is 2. The van der Waals surface area contributed by atoms with E-state index in [1.807, 2.05) is 48.5 Å².